The number of carbonyl (C=O) groups is 3. The molecule has 4 aromatic rings. The van der Waals surface area contributed by atoms with Gasteiger partial charge in [0.2, 0.25) is 5.91 Å². The third kappa shape index (κ3) is 9.03. The Morgan fingerprint density at radius 2 is 1.76 bits per heavy atom. The van der Waals surface area contributed by atoms with E-state index in [1.165, 1.54) is 24.5 Å². The van der Waals surface area contributed by atoms with Crippen LogP contribution in [0.5, 0.6) is 0 Å². The molecule has 1 aliphatic carbocycles. The predicted molar refractivity (Wildman–Crippen MR) is 189 cm³/mol. The average Bonchev–Trinajstić information content (AvgIpc) is 3.72. The van der Waals surface area contributed by atoms with E-state index < -0.39 is 47.7 Å². The van der Waals surface area contributed by atoms with E-state index in [1.54, 1.807) is 12.3 Å². The second kappa shape index (κ2) is 16.2. The van der Waals surface area contributed by atoms with Gasteiger partial charge in [-0.1, -0.05) is 83.2 Å². The molecule has 268 valence electrons. The minimum atomic E-state index is -1.18. The lowest BCUT2D eigenvalue weighted by Crippen LogP contribution is -2.58. The van der Waals surface area contributed by atoms with Crippen molar-refractivity contribution in [1.82, 2.24) is 15.6 Å². The molecule has 0 bridgehead atoms. The van der Waals surface area contributed by atoms with E-state index in [2.05, 4.69) is 15.6 Å². The zero-order valence-electron chi connectivity index (χ0n) is 29.1. The number of furan rings is 2. The first kappa shape index (κ1) is 36.4. The Morgan fingerprint density at radius 3 is 2.40 bits per heavy atom. The molecule has 50 heavy (non-hydrogen) atoms. The fraction of sp³-hybridized carbons (Fsp3) is 0.474. The fourth-order valence-corrected chi connectivity index (χ4v) is 6.95. The number of rotatable bonds is 13. The quantitative estimate of drug-likeness (QED) is 0.114. The van der Waals surface area contributed by atoms with Gasteiger partial charge in [0, 0.05) is 17.8 Å². The minimum Gasteiger partial charge on any atom is -0.465 e. The highest BCUT2D eigenvalue weighted by Crippen LogP contribution is 2.36. The lowest BCUT2D eigenvalue weighted by molar-refractivity contribution is -0.127. The molecule has 0 radical (unpaired) electrons. The standard InChI is InChI=1S/C38H48N4O8/c1-38(2,3)33(41-36(45)48-4)34(44)40-30(21-25-13-15-26(16-14-25)29-12-8-9-18-39-29)32(43)22-27(20-24-10-6-5-7-11-24)42(37(46)47)31-23-50-35-28(31)17-19-49-35/h8-9,12-19,23-24,27,30,32-33,43H,5-7,10-11,20-22H2,1-4H3,(H,40,44)(H,41,45)(H,46,47)/t27-,30-,32-,33+/m0/s1. The van der Waals surface area contributed by atoms with Gasteiger partial charge in [0.1, 0.15) is 12.3 Å². The highest BCUT2D eigenvalue weighted by Gasteiger charge is 2.38. The summed E-state index contributed by atoms with van der Waals surface area (Å²) in [6.45, 7) is 5.46. The third-order valence-electron chi connectivity index (χ3n) is 9.60. The number of aliphatic hydroxyl groups excluding tert-OH is 1. The van der Waals surface area contributed by atoms with Gasteiger partial charge in [-0.3, -0.25) is 14.7 Å². The molecule has 0 spiro atoms. The first-order chi connectivity index (χ1) is 23.9. The van der Waals surface area contributed by atoms with Gasteiger partial charge in [0.05, 0.1) is 42.3 Å². The Morgan fingerprint density at radius 1 is 1.02 bits per heavy atom. The largest absolute Gasteiger partial charge is 0.465 e. The van der Waals surface area contributed by atoms with Crippen LogP contribution in [0.1, 0.15) is 71.3 Å². The van der Waals surface area contributed by atoms with Crippen molar-refractivity contribution in [3.63, 3.8) is 0 Å². The van der Waals surface area contributed by atoms with E-state index in [0.717, 1.165) is 48.9 Å². The number of pyridine rings is 1. The van der Waals surface area contributed by atoms with Crippen LogP contribution in [0.25, 0.3) is 22.4 Å². The summed E-state index contributed by atoms with van der Waals surface area (Å²) in [5, 5.41) is 28.8. The lowest BCUT2D eigenvalue weighted by Gasteiger charge is -2.37. The van der Waals surface area contributed by atoms with Crippen LogP contribution in [0.4, 0.5) is 15.3 Å². The Bertz CT molecular complexity index is 1710. The van der Waals surface area contributed by atoms with Crippen LogP contribution in [-0.4, -0.2) is 64.6 Å². The normalized spacial score (nSPS) is 16.3. The number of amides is 3. The molecule has 1 saturated carbocycles. The summed E-state index contributed by atoms with van der Waals surface area (Å²) in [4.78, 5) is 44.8. The Balaban J connectivity index is 1.46. The van der Waals surface area contributed by atoms with Crippen molar-refractivity contribution in [2.45, 2.75) is 96.4 Å². The minimum absolute atomic E-state index is 0.0366. The maximum Gasteiger partial charge on any atom is 0.412 e. The number of nitrogens with zero attached hydrogens (tertiary/aromatic N) is 2. The molecular formula is C38H48N4O8. The molecule has 3 aromatic heterocycles. The maximum atomic E-state index is 13.9. The monoisotopic (exact) mass is 688 g/mol. The average molecular weight is 689 g/mol. The highest BCUT2D eigenvalue weighted by molar-refractivity contribution is 5.98. The summed E-state index contributed by atoms with van der Waals surface area (Å²) in [7, 11) is 1.23. The van der Waals surface area contributed by atoms with Gasteiger partial charge in [-0.15, -0.1) is 0 Å². The molecule has 1 aromatic carbocycles. The number of carboxylic acid groups (broad SMARTS) is 1. The van der Waals surface area contributed by atoms with Crippen LogP contribution in [0.3, 0.4) is 0 Å². The summed E-state index contributed by atoms with van der Waals surface area (Å²) in [6.07, 6.45) is 7.48. The molecule has 4 atom stereocenters. The molecule has 1 fully saturated rings. The van der Waals surface area contributed by atoms with Gasteiger partial charge in [-0.2, -0.15) is 0 Å². The molecule has 1 aliphatic rings. The Labute approximate surface area is 292 Å². The third-order valence-corrected chi connectivity index (χ3v) is 9.60. The van der Waals surface area contributed by atoms with Crippen LogP contribution in [-0.2, 0) is 16.0 Å². The van der Waals surface area contributed by atoms with Crippen molar-refractivity contribution in [2.24, 2.45) is 11.3 Å². The summed E-state index contributed by atoms with van der Waals surface area (Å²) in [5.74, 6) is -0.00370. The maximum absolute atomic E-state index is 13.9. The van der Waals surface area contributed by atoms with Gasteiger partial charge in [0.15, 0.2) is 0 Å². The van der Waals surface area contributed by atoms with Crippen molar-refractivity contribution in [2.75, 3.05) is 12.0 Å². The van der Waals surface area contributed by atoms with E-state index in [-0.39, 0.29) is 24.5 Å². The fourth-order valence-electron chi connectivity index (χ4n) is 6.95. The van der Waals surface area contributed by atoms with Crippen molar-refractivity contribution in [1.29, 1.82) is 0 Å². The molecule has 12 nitrogen and oxygen atoms in total. The smallest absolute Gasteiger partial charge is 0.412 e. The number of alkyl carbamates (subject to hydrolysis) is 1. The number of fused-ring (bicyclic) bond motifs is 1. The molecule has 3 heterocycles. The van der Waals surface area contributed by atoms with Crippen LogP contribution in [0.15, 0.2) is 76.1 Å². The number of carbonyl (C=O) groups excluding carboxylic acids is 2. The van der Waals surface area contributed by atoms with Crippen molar-refractivity contribution >= 4 is 34.9 Å². The second-order valence-corrected chi connectivity index (χ2v) is 14.3. The summed E-state index contributed by atoms with van der Waals surface area (Å²) < 4.78 is 15.7. The van der Waals surface area contributed by atoms with Gasteiger partial charge in [-0.25, -0.2) is 9.59 Å². The van der Waals surface area contributed by atoms with Crippen LogP contribution < -0.4 is 15.5 Å². The molecule has 12 heteroatoms. The summed E-state index contributed by atoms with van der Waals surface area (Å²) in [5.41, 5.74) is 2.22. The zero-order valence-corrected chi connectivity index (χ0v) is 29.1. The number of nitrogens with one attached hydrogen (secondary N) is 2. The molecule has 3 amide bonds. The van der Waals surface area contributed by atoms with Crippen LogP contribution in [0, 0.1) is 11.3 Å². The second-order valence-electron chi connectivity index (χ2n) is 14.3. The van der Waals surface area contributed by atoms with Crippen LogP contribution >= 0.6 is 0 Å². The Kier molecular flexibility index (Phi) is 11.8. The number of aliphatic hydroxyl groups is 1. The van der Waals surface area contributed by atoms with Gasteiger partial charge in [0.25, 0.3) is 5.78 Å². The first-order valence-electron chi connectivity index (χ1n) is 17.2. The summed E-state index contributed by atoms with van der Waals surface area (Å²) >= 11 is 0. The van der Waals surface area contributed by atoms with E-state index in [0.29, 0.717) is 17.5 Å². The van der Waals surface area contributed by atoms with E-state index in [4.69, 9.17) is 13.6 Å². The molecular weight excluding hydrogens is 640 g/mol. The summed E-state index contributed by atoms with van der Waals surface area (Å²) in [6, 6.07) is 12.6. The highest BCUT2D eigenvalue weighted by atomic mass is 16.5. The molecule has 0 aliphatic heterocycles. The SMILES string of the molecule is COC(=O)N[C@H](C(=O)N[C@@H](Cc1ccc(-c2ccccn2)cc1)[C@@H](O)C[C@H](CC1CCCCC1)N(C(=O)O)c1coc2occc12)C(C)(C)C. The van der Waals surface area contributed by atoms with Gasteiger partial charge < -0.3 is 34.4 Å². The zero-order chi connectivity index (χ0) is 35.8. The van der Waals surface area contributed by atoms with E-state index >= 15 is 0 Å². The first-order valence-corrected chi connectivity index (χ1v) is 17.2. The van der Waals surface area contributed by atoms with E-state index in [1.807, 2.05) is 63.2 Å². The van der Waals surface area contributed by atoms with Crippen molar-refractivity contribution < 1.29 is 38.2 Å². The Hall–Kier alpha value is -4.84. The van der Waals surface area contributed by atoms with Crippen molar-refractivity contribution in [3.8, 4) is 11.3 Å². The number of hydrogen-bond donors (Lipinski definition) is 4. The van der Waals surface area contributed by atoms with Crippen molar-refractivity contribution in [3.05, 3.63) is 72.8 Å². The van der Waals surface area contributed by atoms with E-state index in [9.17, 15) is 24.6 Å². The molecule has 0 saturated heterocycles. The predicted octanol–water partition coefficient (Wildman–Crippen LogP) is 7.16. The number of anilines is 1. The number of methoxy groups -OCH3 is 1. The number of ether oxygens (including phenoxy) is 1. The number of aromatic nitrogens is 1. The molecule has 0 unspecified atom stereocenters. The topological polar surface area (TPSA) is 167 Å². The molecule has 4 N–H and O–H groups in total. The number of hydrogen-bond acceptors (Lipinski definition) is 8. The molecule has 5 rings (SSSR count). The number of benzene rings is 1. The van der Waals surface area contributed by atoms with Crippen LogP contribution in [0.2, 0.25) is 0 Å². The van der Waals surface area contributed by atoms with Gasteiger partial charge >= 0.3 is 12.2 Å². The lowest BCUT2D eigenvalue weighted by atomic mass is 9.82. The van der Waals surface area contributed by atoms with Gasteiger partial charge in [-0.05, 0) is 54.4 Å².